The molecule has 6 nitrogen and oxygen atoms in total. The maximum atomic E-state index is 13.3. The zero-order chi connectivity index (χ0) is 21.2. The standard InChI is InChI=1S/C24H30N4O2S/c29-22(25-12-8-15-27-13-5-1-2-6-14-27)18-10-7-16-28-21(18)26-23-20(24(28)30)17-9-3-4-11-19(17)31-23/h7,10,16H,1-6,8-9,11-15H2,(H,25,29). The molecule has 0 spiro atoms. The molecule has 4 heterocycles. The lowest BCUT2D eigenvalue weighted by Crippen LogP contribution is -2.31. The molecule has 0 aromatic carbocycles. The summed E-state index contributed by atoms with van der Waals surface area (Å²) in [4.78, 5) is 35.5. The Hall–Kier alpha value is -2.25. The van der Waals surface area contributed by atoms with Crippen LogP contribution in [0.15, 0.2) is 23.1 Å². The Labute approximate surface area is 186 Å². The number of nitrogens with zero attached hydrogens (tertiary/aromatic N) is 3. The molecular formula is C24H30N4O2S. The van der Waals surface area contributed by atoms with Crippen molar-refractivity contribution in [3.05, 3.63) is 44.7 Å². The number of nitrogens with one attached hydrogen (secondary N) is 1. The summed E-state index contributed by atoms with van der Waals surface area (Å²) in [6, 6.07) is 3.54. The van der Waals surface area contributed by atoms with Crippen LogP contribution in [0.3, 0.4) is 0 Å². The van der Waals surface area contributed by atoms with Crippen LogP contribution in [0, 0.1) is 0 Å². The minimum atomic E-state index is -0.151. The van der Waals surface area contributed by atoms with E-state index in [-0.39, 0.29) is 11.5 Å². The molecule has 1 N–H and O–H groups in total. The number of amides is 1. The fourth-order valence-corrected chi connectivity index (χ4v) is 6.23. The third-order valence-corrected chi connectivity index (χ3v) is 7.83. The second-order valence-electron chi connectivity index (χ2n) is 8.79. The molecule has 31 heavy (non-hydrogen) atoms. The summed E-state index contributed by atoms with van der Waals surface area (Å²) >= 11 is 1.63. The number of carbonyl (C=O) groups excluding carboxylic acids is 1. The molecule has 1 saturated heterocycles. The lowest BCUT2D eigenvalue weighted by atomic mass is 9.97. The van der Waals surface area contributed by atoms with E-state index < -0.39 is 0 Å². The van der Waals surface area contributed by atoms with E-state index in [0.717, 1.165) is 42.4 Å². The summed E-state index contributed by atoms with van der Waals surface area (Å²) < 4.78 is 1.55. The number of thiophene rings is 1. The minimum Gasteiger partial charge on any atom is -0.352 e. The molecular weight excluding hydrogens is 408 g/mol. The van der Waals surface area contributed by atoms with Crippen molar-refractivity contribution in [2.75, 3.05) is 26.2 Å². The highest BCUT2D eigenvalue weighted by Crippen LogP contribution is 2.34. The van der Waals surface area contributed by atoms with E-state index in [1.807, 2.05) is 0 Å². The van der Waals surface area contributed by atoms with E-state index in [1.165, 1.54) is 55.6 Å². The van der Waals surface area contributed by atoms with Crippen LogP contribution in [0.4, 0.5) is 0 Å². The van der Waals surface area contributed by atoms with Gasteiger partial charge in [0.1, 0.15) is 4.83 Å². The minimum absolute atomic E-state index is 0.0461. The van der Waals surface area contributed by atoms with Crippen LogP contribution in [0.2, 0.25) is 0 Å². The van der Waals surface area contributed by atoms with E-state index in [2.05, 4.69) is 10.2 Å². The number of fused-ring (bicyclic) bond motifs is 4. The number of rotatable bonds is 5. The highest BCUT2D eigenvalue weighted by molar-refractivity contribution is 7.18. The first-order chi connectivity index (χ1) is 15.2. The van der Waals surface area contributed by atoms with Crippen LogP contribution in [-0.4, -0.2) is 46.4 Å². The smallest absolute Gasteiger partial charge is 0.266 e. The SMILES string of the molecule is O=C(NCCCN1CCCCCC1)c1cccn2c(=O)c3c4c(sc3nc12)CCCC4. The Morgan fingerprint density at radius 3 is 2.74 bits per heavy atom. The van der Waals surface area contributed by atoms with Gasteiger partial charge in [0.25, 0.3) is 11.5 Å². The van der Waals surface area contributed by atoms with Gasteiger partial charge in [0.05, 0.1) is 10.9 Å². The second kappa shape index (κ2) is 9.09. The molecule has 0 atom stereocenters. The Balaban J connectivity index is 1.35. The Morgan fingerprint density at radius 1 is 1.10 bits per heavy atom. The van der Waals surface area contributed by atoms with Crippen molar-refractivity contribution < 1.29 is 4.79 Å². The highest BCUT2D eigenvalue weighted by atomic mass is 32.1. The van der Waals surface area contributed by atoms with Gasteiger partial charge in [0.2, 0.25) is 0 Å². The first kappa shape index (κ1) is 20.6. The van der Waals surface area contributed by atoms with Crippen LogP contribution in [0.5, 0.6) is 0 Å². The number of aromatic nitrogens is 2. The average molecular weight is 439 g/mol. The van der Waals surface area contributed by atoms with Gasteiger partial charge in [0.15, 0.2) is 5.65 Å². The van der Waals surface area contributed by atoms with Gasteiger partial charge in [-0.25, -0.2) is 4.98 Å². The van der Waals surface area contributed by atoms with Crippen molar-refractivity contribution in [1.82, 2.24) is 19.6 Å². The molecule has 3 aromatic rings. The van der Waals surface area contributed by atoms with E-state index in [0.29, 0.717) is 17.8 Å². The van der Waals surface area contributed by atoms with Crippen LogP contribution in [0.1, 0.15) is 65.7 Å². The largest absolute Gasteiger partial charge is 0.352 e. The first-order valence-electron chi connectivity index (χ1n) is 11.7. The molecule has 7 heteroatoms. The third-order valence-electron chi connectivity index (χ3n) is 6.64. The Bertz CT molecular complexity index is 1160. The summed E-state index contributed by atoms with van der Waals surface area (Å²) in [5.41, 5.74) is 2.07. The van der Waals surface area contributed by atoms with Gasteiger partial charge in [-0.3, -0.25) is 14.0 Å². The summed E-state index contributed by atoms with van der Waals surface area (Å²) in [6.07, 6.45) is 12.2. The van der Waals surface area contributed by atoms with Crippen molar-refractivity contribution in [2.24, 2.45) is 0 Å². The Morgan fingerprint density at radius 2 is 1.90 bits per heavy atom. The maximum absolute atomic E-state index is 13.3. The van der Waals surface area contributed by atoms with Gasteiger partial charge in [-0.1, -0.05) is 12.8 Å². The number of aryl methyl sites for hydroxylation is 2. The van der Waals surface area contributed by atoms with E-state index >= 15 is 0 Å². The lowest BCUT2D eigenvalue weighted by Gasteiger charge is -2.19. The van der Waals surface area contributed by atoms with Crippen molar-refractivity contribution in [3.63, 3.8) is 0 Å². The van der Waals surface area contributed by atoms with Crippen molar-refractivity contribution in [2.45, 2.75) is 57.8 Å². The number of hydrogen-bond donors (Lipinski definition) is 1. The number of likely N-dealkylation sites (tertiary alicyclic amines) is 1. The normalized spacial score (nSPS) is 17.5. The van der Waals surface area contributed by atoms with Gasteiger partial charge >= 0.3 is 0 Å². The third kappa shape index (κ3) is 4.13. The van der Waals surface area contributed by atoms with Crippen LogP contribution in [-0.2, 0) is 12.8 Å². The van der Waals surface area contributed by atoms with E-state index in [1.54, 1.807) is 34.1 Å². The monoisotopic (exact) mass is 438 g/mol. The average Bonchev–Trinajstić information content (AvgIpc) is 2.96. The van der Waals surface area contributed by atoms with E-state index in [9.17, 15) is 9.59 Å². The molecule has 1 amide bonds. The van der Waals surface area contributed by atoms with Crippen molar-refractivity contribution >= 4 is 33.1 Å². The number of hydrogen-bond acceptors (Lipinski definition) is 5. The van der Waals surface area contributed by atoms with Gasteiger partial charge in [-0.05, 0) is 82.3 Å². The first-order valence-corrected chi connectivity index (χ1v) is 12.5. The highest BCUT2D eigenvalue weighted by Gasteiger charge is 2.22. The molecule has 164 valence electrons. The molecule has 1 aliphatic heterocycles. The quantitative estimate of drug-likeness (QED) is 0.616. The summed E-state index contributed by atoms with van der Waals surface area (Å²) in [5, 5.41) is 3.80. The Kier molecular flexibility index (Phi) is 6.05. The van der Waals surface area contributed by atoms with E-state index in [4.69, 9.17) is 4.98 Å². The van der Waals surface area contributed by atoms with Crippen molar-refractivity contribution in [1.29, 1.82) is 0 Å². The van der Waals surface area contributed by atoms with Gasteiger partial charge in [-0.2, -0.15) is 0 Å². The number of pyridine rings is 1. The molecule has 0 radical (unpaired) electrons. The van der Waals surface area contributed by atoms with Gasteiger partial charge in [0, 0.05) is 17.6 Å². The second-order valence-corrected chi connectivity index (χ2v) is 9.87. The molecule has 5 rings (SSSR count). The number of carbonyl (C=O) groups is 1. The fourth-order valence-electron chi connectivity index (χ4n) is 4.98. The molecule has 1 aliphatic carbocycles. The van der Waals surface area contributed by atoms with Crippen molar-refractivity contribution in [3.8, 4) is 0 Å². The zero-order valence-corrected chi connectivity index (χ0v) is 18.8. The molecule has 0 saturated carbocycles. The van der Waals surface area contributed by atoms with Crippen LogP contribution < -0.4 is 10.9 Å². The molecule has 0 bridgehead atoms. The lowest BCUT2D eigenvalue weighted by molar-refractivity contribution is 0.0952. The van der Waals surface area contributed by atoms with Crippen LogP contribution in [0.25, 0.3) is 15.9 Å². The molecule has 1 fully saturated rings. The predicted molar refractivity (Wildman–Crippen MR) is 125 cm³/mol. The molecule has 2 aliphatic rings. The van der Waals surface area contributed by atoms with Gasteiger partial charge < -0.3 is 10.2 Å². The maximum Gasteiger partial charge on any atom is 0.266 e. The van der Waals surface area contributed by atoms with Crippen LogP contribution >= 0.6 is 11.3 Å². The zero-order valence-electron chi connectivity index (χ0n) is 18.0. The molecule has 0 unspecified atom stereocenters. The topological polar surface area (TPSA) is 66.7 Å². The summed E-state index contributed by atoms with van der Waals surface area (Å²) in [7, 11) is 0. The fraction of sp³-hybridized carbons (Fsp3) is 0.542. The molecule has 3 aromatic heterocycles. The van der Waals surface area contributed by atoms with Gasteiger partial charge in [-0.15, -0.1) is 11.3 Å². The summed E-state index contributed by atoms with van der Waals surface area (Å²) in [5.74, 6) is -0.151. The predicted octanol–water partition coefficient (Wildman–Crippen LogP) is 3.78. The summed E-state index contributed by atoms with van der Waals surface area (Å²) in [6.45, 7) is 4.00.